The number of carboxylic acid groups (broad SMARTS) is 1. The van der Waals surface area contributed by atoms with Gasteiger partial charge in [-0.2, -0.15) is 0 Å². The van der Waals surface area contributed by atoms with Gasteiger partial charge in [-0.25, -0.2) is 4.98 Å². The number of carbonyl (C=O) groups excluding carboxylic acids is 2. The number of nitrogens with one attached hydrogen (secondary N) is 1. The van der Waals surface area contributed by atoms with E-state index >= 15 is 0 Å². The second-order valence-corrected chi connectivity index (χ2v) is 6.68. The second-order valence-electron chi connectivity index (χ2n) is 5.82. The average molecular weight is 387 g/mol. The molecule has 3 rings (SSSR count). The normalized spacial score (nSPS) is 10.7. The van der Waals surface area contributed by atoms with Crippen LogP contribution in [0.4, 0.5) is 0 Å². The molecule has 140 valence electrons. The highest BCUT2D eigenvalue weighted by Gasteiger charge is 2.15. The standard InChI is InChI=1S/C18H16N2O6S/c1-9-3-11(25-7-14(21)19-5-15(22)23)4-13-16(9)17(24)12(6-26-13)18-20-10(2)8-27-18/h3-4,6,8H,5,7H2,1-2H3,(H,19,21)(H,22,23)/p-1. The number of ether oxygens (including phenoxy) is 1. The number of carbonyl (C=O) groups is 2. The predicted octanol–water partition coefficient (Wildman–Crippen LogP) is 0.778. The molecule has 27 heavy (non-hydrogen) atoms. The molecule has 0 aliphatic carbocycles. The number of aryl methyl sites for hydroxylation is 2. The second kappa shape index (κ2) is 7.58. The fraction of sp³-hybridized carbons (Fsp3) is 0.222. The van der Waals surface area contributed by atoms with Crippen molar-refractivity contribution in [3.05, 3.63) is 45.3 Å². The molecule has 0 spiro atoms. The quantitative estimate of drug-likeness (QED) is 0.663. The molecule has 0 aliphatic heterocycles. The van der Waals surface area contributed by atoms with Crippen LogP contribution in [0.2, 0.25) is 0 Å². The fourth-order valence-electron chi connectivity index (χ4n) is 2.50. The topological polar surface area (TPSA) is 122 Å². The van der Waals surface area contributed by atoms with Crippen molar-refractivity contribution in [3.8, 4) is 16.3 Å². The molecule has 0 fully saturated rings. The minimum Gasteiger partial charge on any atom is -0.548 e. The van der Waals surface area contributed by atoms with Gasteiger partial charge in [-0.15, -0.1) is 11.3 Å². The first-order valence-electron chi connectivity index (χ1n) is 7.93. The van der Waals surface area contributed by atoms with Crippen molar-refractivity contribution in [2.45, 2.75) is 13.8 Å². The van der Waals surface area contributed by atoms with E-state index in [2.05, 4.69) is 10.3 Å². The zero-order chi connectivity index (χ0) is 19.6. The molecule has 8 nitrogen and oxygen atoms in total. The van der Waals surface area contributed by atoms with Gasteiger partial charge >= 0.3 is 0 Å². The van der Waals surface area contributed by atoms with Gasteiger partial charge < -0.3 is 24.4 Å². The molecule has 0 aliphatic rings. The molecule has 1 N–H and O–H groups in total. The summed E-state index contributed by atoms with van der Waals surface area (Å²) in [4.78, 5) is 39.0. The van der Waals surface area contributed by atoms with Crippen molar-refractivity contribution in [2.75, 3.05) is 13.2 Å². The first-order valence-corrected chi connectivity index (χ1v) is 8.81. The molecular formula is C18H15N2O6S-. The molecule has 2 aromatic heterocycles. The molecular weight excluding hydrogens is 372 g/mol. The number of amides is 1. The maximum Gasteiger partial charge on any atom is 0.258 e. The summed E-state index contributed by atoms with van der Waals surface area (Å²) in [5, 5.41) is 15.3. The highest BCUT2D eigenvalue weighted by Crippen LogP contribution is 2.27. The summed E-state index contributed by atoms with van der Waals surface area (Å²) in [5.41, 5.74) is 1.97. The van der Waals surface area contributed by atoms with Crippen molar-refractivity contribution >= 4 is 34.2 Å². The van der Waals surface area contributed by atoms with Gasteiger partial charge in [0.25, 0.3) is 5.91 Å². The monoisotopic (exact) mass is 387 g/mol. The Labute approximate surface area is 157 Å². The largest absolute Gasteiger partial charge is 0.548 e. The van der Waals surface area contributed by atoms with Gasteiger partial charge in [0, 0.05) is 17.1 Å². The third-order valence-electron chi connectivity index (χ3n) is 3.70. The Morgan fingerprint density at radius 2 is 2.11 bits per heavy atom. The van der Waals surface area contributed by atoms with E-state index in [1.54, 1.807) is 13.0 Å². The van der Waals surface area contributed by atoms with Gasteiger partial charge in [0.05, 0.1) is 23.5 Å². The van der Waals surface area contributed by atoms with E-state index < -0.39 is 18.4 Å². The van der Waals surface area contributed by atoms with Crippen LogP contribution in [0, 0.1) is 13.8 Å². The van der Waals surface area contributed by atoms with Crippen LogP contribution in [-0.4, -0.2) is 30.0 Å². The van der Waals surface area contributed by atoms with Gasteiger partial charge in [0.1, 0.15) is 22.6 Å². The Bertz CT molecular complexity index is 1090. The van der Waals surface area contributed by atoms with Crippen molar-refractivity contribution in [2.24, 2.45) is 0 Å². The van der Waals surface area contributed by atoms with E-state index in [4.69, 9.17) is 9.15 Å². The number of nitrogens with zero attached hydrogens (tertiary/aromatic N) is 1. The minimum absolute atomic E-state index is 0.193. The molecule has 0 saturated heterocycles. The molecule has 0 saturated carbocycles. The molecule has 1 aromatic carbocycles. The summed E-state index contributed by atoms with van der Waals surface area (Å²) in [6, 6.07) is 3.12. The van der Waals surface area contributed by atoms with Crippen LogP contribution in [-0.2, 0) is 9.59 Å². The lowest BCUT2D eigenvalue weighted by molar-refractivity contribution is -0.304. The molecule has 9 heteroatoms. The van der Waals surface area contributed by atoms with Crippen LogP contribution in [0.15, 0.2) is 33.0 Å². The number of aromatic nitrogens is 1. The number of aliphatic carboxylic acids is 1. The van der Waals surface area contributed by atoms with Crippen LogP contribution in [0.3, 0.4) is 0 Å². The maximum absolute atomic E-state index is 12.8. The number of thiazole rings is 1. The molecule has 1 amide bonds. The number of hydrogen-bond acceptors (Lipinski definition) is 8. The molecule has 3 aromatic rings. The number of hydrogen-bond donors (Lipinski definition) is 1. The SMILES string of the molecule is Cc1csc(-c2coc3cc(OCC(=O)NCC(=O)[O-])cc(C)c3c2=O)n1. The minimum atomic E-state index is -1.39. The number of benzene rings is 1. The van der Waals surface area contributed by atoms with Gasteiger partial charge in [-0.1, -0.05) is 0 Å². The van der Waals surface area contributed by atoms with Crippen molar-refractivity contribution < 1.29 is 23.8 Å². The molecule has 0 radical (unpaired) electrons. The van der Waals surface area contributed by atoms with Crippen LogP contribution >= 0.6 is 11.3 Å². The fourth-order valence-corrected chi connectivity index (χ4v) is 3.30. The number of rotatable bonds is 6. The Morgan fingerprint density at radius 1 is 1.33 bits per heavy atom. The first-order chi connectivity index (χ1) is 12.8. The lowest BCUT2D eigenvalue weighted by Gasteiger charge is -2.10. The third kappa shape index (κ3) is 4.14. The van der Waals surface area contributed by atoms with Crippen molar-refractivity contribution in [1.82, 2.24) is 10.3 Å². The van der Waals surface area contributed by atoms with Crippen molar-refractivity contribution in [3.63, 3.8) is 0 Å². The maximum atomic E-state index is 12.8. The van der Waals surface area contributed by atoms with E-state index in [1.807, 2.05) is 12.3 Å². The zero-order valence-electron chi connectivity index (χ0n) is 14.5. The van der Waals surface area contributed by atoms with E-state index in [-0.39, 0.29) is 12.0 Å². The lowest BCUT2D eigenvalue weighted by atomic mass is 10.1. The van der Waals surface area contributed by atoms with Gasteiger partial charge in [0.2, 0.25) is 5.43 Å². The zero-order valence-corrected chi connectivity index (χ0v) is 15.3. The van der Waals surface area contributed by atoms with Gasteiger partial charge in [0.15, 0.2) is 6.61 Å². The van der Waals surface area contributed by atoms with E-state index in [0.717, 1.165) is 5.69 Å². The first kappa shape index (κ1) is 18.6. The highest BCUT2D eigenvalue weighted by molar-refractivity contribution is 7.13. The van der Waals surface area contributed by atoms with E-state index in [1.165, 1.54) is 23.7 Å². The third-order valence-corrected chi connectivity index (χ3v) is 4.69. The summed E-state index contributed by atoms with van der Waals surface area (Å²) in [7, 11) is 0. The van der Waals surface area contributed by atoms with E-state index in [0.29, 0.717) is 32.9 Å². The van der Waals surface area contributed by atoms with Crippen LogP contribution in [0.1, 0.15) is 11.3 Å². The number of carboxylic acids is 1. The Hall–Kier alpha value is -3.20. The predicted molar refractivity (Wildman–Crippen MR) is 96.6 cm³/mol. The Morgan fingerprint density at radius 3 is 2.78 bits per heavy atom. The Kier molecular flexibility index (Phi) is 5.22. The molecule has 0 bridgehead atoms. The molecule has 2 heterocycles. The lowest BCUT2D eigenvalue weighted by Crippen LogP contribution is -2.39. The van der Waals surface area contributed by atoms with E-state index in [9.17, 15) is 19.5 Å². The summed E-state index contributed by atoms with van der Waals surface area (Å²) >= 11 is 1.37. The van der Waals surface area contributed by atoms with Crippen molar-refractivity contribution in [1.29, 1.82) is 0 Å². The highest BCUT2D eigenvalue weighted by atomic mass is 32.1. The summed E-state index contributed by atoms with van der Waals surface area (Å²) in [6.07, 6.45) is 1.36. The smallest absolute Gasteiger partial charge is 0.258 e. The summed E-state index contributed by atoms with van der Waals surface area (Å²) in [5.74, 6) is -1.67. The van der Waals surface area contributed by atoms with Crippen LogP contribution in [0.25, 0.3) is 21.5 Å². The van der Waals surface area contributed by atoms with Crippen LogP contribution in [0.5, 0.6) is 5.75 Å². The van der Waals surface area contributed by atoms with Crippen LogP contribution < -0.4 is 20.6 Å². The average Bonchev–Trinajstić information content (AvgIpc) is 3.04. The number of fused-ring (bicyclic) bond motifs is 1. The molecule has 0 unspecified atom stereocenters. The Balaban J connectivity index is 1.86. The summed E-state index contributed by atoms with van der Waals surface area (Å²) < 4.78 is 10.9. The van der Waals surface area contributed by atoms with Gasteiger partial charge in [-0.3, -0.25) is 9.59 Å². The summed E-state index contributed by atoms with van der Waals surface area (Å²) in [6.45, 7) is 2.62. The van der Waals surface area contributed by atoms with Gasteiger partial charge in [-0.05, 0) is 25.5 Å². The molecule has 0 atom stereocenters.